The summed E-state index contributed by atoms with van der Waals surface area (Å²) in [7, 11) is 1.45. The molecule has 6 unspecified atom stereocenters. The zero-order chi connectivity index (χ0) is 21.8. The molecule has 162 valence electrons. The highest BCUT2D eigenvalue weighted by molar-refractivity contribution is 5.77. The zero-order valence-corrected chi connectivity index (χ0v) is 15.9. The van der Waals surface area contributed by atoms with Gasteiger partial charge in [-0.25, -0.2) is 4.79 Å². The van der Waals surface area contributed by atoms with Crippen molar-refractivity contribution in [2.24, 2.45) is 0 Å². The molecule has 11 nitrogen and oxygen atoms in total. The number of hydrogen-bond acceptors (Lipinski definition) is 9. The number of methoxy groups -OCH3 is 1. The number of aliphatic hydroxyl groups is 4. The van der Waals surface area contributed by atoms with Crippen LogP contribution in [0, 0.1) is 0 Å². The predicted octanol–water partition coefficient (Wildman–Crippen LogP) is -1.78. The van der Waals surface area contributed by atoms with Gasteiger partial charge >= 0.3 is 11.8 Å². The molecule has 0 radical (unpaired) electrons. The van der Waals surface area contributed by atoms with Crippen molar-refractivity contribution in [3.05, 3.63) is 24.3 Å². The van der Waals surface area contributed by atoms with Crippen molar-refractivity contribution in [1.29, 1.82) is 0 Å². The summed E-state index contributed by atoms with van der Waals surface area (Å²) in [5.41, 5.74) is 0. The Morgan fingerprint density at radius 2 is 1.86 bits per heavy atom. The number of hydrogen-bond donors (Lipinski definition) is 6. The van der Waals surface area contributed by atoms with Crippen LogP contribution in [0.5, 0.6) is 11.5 Å². The van der Waals surface area contributed by atoms with E-state index in [1.165, 1.54) is 31.4 Å². The Balaban J connectivity index is 2.38. The number of ether oxygens (including phenoxy) is 3. The topological polar surface area (TPSA) is 175 Å². The molecule has 0 aliphatic carbocycles. The van der Waals surface area contributed by atoms with Gasteiger partial charge in [0.2, 0.25) is 5.91 Å². The summed E-state index contributed by atoms with van der Waals surface area (Å²) in [5, 5.41) is 51.9. The van der Waals surface area contributed by atoms with Crippen molar-refractivity contribution in [3.8, 4) is 11.5 Å². The smallest absolute Gasteiger partial charge is 0.377 e. The van der Waals surface area contributed by atoms with Gasteiger partial charge in [0, 0.05) is 6.92 Å². The van der Waals surface area contributed by atoms with E-state index < -0.39 is 61.1 Å². The van der Waals surface area contributed by atoms with Crippen LogP contribution < -0.4 is 14.8 Å². The maximum absolute atomic E-state index is 12.0. The fourth-order valence-corrected chi connectivity index (χ4v) is 3.07. The Morgan fingerprint density at radius 1 is 1.28 bits per heavy atom. The number of nitrogens with one attached hydrogen (secondary N) is 1. The van der Waals surface area contributed by atoms with Crippen molar-refractivity contribution >= 4 is 11.9 Å². The van der Waals surface area contributed by atoms with Gasteiger partial charge < -0.3 is 45.1 Å². The minimum atomic E-state index is -2.43. The van der Waals surface area contributed by atoms with Crippen molar-refractivity contribution in [3.63, 3.8) is 0 Å². The summed E-state index contributed by atoms with van der Waals surface area (Å²) in [6.45, 7) is 0.300. The average Bonchev–Trinajstić information content (AvgIpc) is 2.68. The van der Waals surface area contributed by atoms with Gasteiger partial charge in [-0.3, -0.25) is 4.79 Å². The summed E-state index contributed by atoms with van der Waals surface area (Å²) in [6.07, 6.45) is -7.23. The Morgan fingerprint density at radius 3 is 2.34 bits per heavy atom. The normalized spacial score (nSPS) is 28.8. The standard InChI is InChI=1S/C18H25NO10/c1-9(21)19-14-12(22)7-18(17(25)26,29-16(14)15(24)13(23)8-20)28-11-5-3-10(27-2)4-6-11/h3-6,12-16,20,22-24H,7-8H2,1-2H3,(H,19,21)(H,25,26). The van der Waals surface area contributed by atoms with Gasteiger partial charge in [-0.05, 0) is 24.3 Å². The SMILES string of the molecule is COc1ccc(OC2(C(=O)O)CC(O)C(NC(C)=O)C(C(O)C(O)CO)O2)cc1. The highest BCUT2D eigenvalue weighted by atomic mass is 16.7. The molecule has 11 heteroatoms. The van der Waals surface area contributed by atoms with Gasteiger partial charge in [-0.1, -0.05) is 0 Å². The number of carbonyl (C=O) groups is 2. The van der Waals surface area contributed by atoms with Crippen LogP contribution >= 0.6 is 0 Å². The lowest BCUT2D eigenvalue weighted by atomic mass is 9.88. The maximum Gasteiger partial charge on any atom is 0.377 e. The van der Waals surface area contributed by atoms with Gasteiger partial charge in [0.25, 0.3) is 0 Å². The zero-order valence-electron chi connectivity index (χ0n) is 15.9. The van der Waals surface area contributed by atoms with Crippen LogP contribution in [-0.4, -0.2) is 87.4 Å². The van der Waals surface area contributed by atoms with Gasteiger partial charge in [-0.2, -0.15) is 0 Å². The molecule has 0 bridgehead atoms. The fourth-order valence-electron chi connectivity index (χ4n) is 3.07. The molecule has 1 aromatic carbocycles. The average molecular weight is 415 g/mol. The quantitative estimate of drug-likeness (QED) is 0.285. The van der Waals surface area contributed by atoms with E-state index in [4.69, 9.17) is 19.3 Å². The minimum Gasteiger partial charge on any atom is -0.497 e. The summed E-state index contributed by atoms with van der Waals surface area (Å²) >= 11 is 0. The molecule has 1 aromatic rings. The summed E-state index contributed by atoms with van der Waals surface area (Å²) in [6, 6.07) is 4.63. The van der Waals surface area contributed by atoms with E-state index in [1.54, 1.807) is 0 Å². The summed E-state index contributed by atoms with van der Waals surface area (Å²) in [4.78, 5) is 23.5. The van der Waals surface area contributed by atoms with E-state index in [1.807, 2.05) is 0 Å². The summed E-state index contributed by atoms with van der Waals surface area (Å²) in [5.74, 6) is -4.02. The third-order valence-electron chi connectivity index (χ3n) is 4.53. The van der Waals surface area contributed by atoms with Crippen LogP contribution in [0.1, 0.15) is 13.3 Å². The molecule has 2 rings (SSSR count). The van der Waals surface area contributed by atoms with Crippen molar-refractivity contribution < 1.29 is 49.3 Å². The second-order valence-corrected chi connectivity index (χ2v) is 6.66. The number of rotatable bonds is 8. The number of carboxylic acids is 1. The monoisotopic (exact) mass is 415 g/mol. The highest BCUT2D eigenvalue weighted by Crippen LogP contribution is 2.35. The fraction of sp³-hybridized carbons (Fsp3) is 0.556. The molecular formula is C18H25NO10. The first-order valence-electron chi connectivity index (χ1n) is 8.80. The first-order valence-corrected chi connectivity index (χ1v) is 8.80. The highest BCUT2D eigenvalue weighted by Gasteiger charge is 2.56. The number of amides is 1. The molecule has 1 aliphatic rings. The lowest BCUT2D eigenvalue weighted by molar-refractivity contribution is -0.284. The molecule has 1 saturated heterocycles. The molecule has 1 heterocycles. The van der Waals surface area contributed by atoms with Gasteiger partial charge in [0.15, 0.2) is 0 Å². The second kappa shape index (κ2) is 9.37. The molecule has 29 heavy (non-hydrogen) atoms. The van der Waals surface area contributed by atoms with Crippen LogP contribution in [0.4, 0.5) is 0 Å². The molecule has 6 N–H and O–H groups in total. The third-order valence-corrected chi connectivity index (χ3v) is 4.53. The number of carbonyl (C=O) groups excluding carboxylic acids is 1. The lowest BCUT2D eigenvalue weighted by Crippen LogP contribution is -2.68. The Bertz CT molecular complexity index is 711. The number of carboxylic acid groups (broad SMARTS) is 1. The van der Waals surface area contributed by atoms with Gasteiger partial charge in [0.1, 0.15) is 29.8 Å². The van der Waals surface area contributed by atoms with E-state index in [9.17, 15) is 30.0 Å². The minimum absolute atomic E-state index is 0.0781. The molecule has 0 spiro atoms. The van der Waals surface area contributed by atoms with E-state index in [0.717, 1.165) is 6.92 Å². The van der Waals surface area contributed by atoms with Crippen LogP contribution in [0.3, 0.4) is 0 Å². The van der Waals surface area contributed by atoms with Crippen molar-refractivity contribution in [2.45, 2.75) is 49.6 Å². The van der Waals surface area contributed by atoms with Crippen LogP contribution in [0.15, 0.2) is 24.3 Å². The summed E-state index contributed by atoms with van der Waals surface area (Å²) < 4.78 is 16.1. The Labute approximate surface area is 166 Å². The molecule has 0 saturated carbocycles. The number of aliphatic carboxylic acids is 1. The molecule has 1 aliphatic heterocycles. The Kier molecular flexibility index (Phi) is 7.38. The molecule has 0 aromatic heterocycles. The molecular weight excluding hydrogens is 390 g/mol. The molecule has 1 fully saturated rings. The van der Waals surface area contributed by atoms with Crippen molar-refractivity contribution in [1.82, 2.24) is 5.32 Å². The second-order valence-electron chi connectivity index (χ2n) is 6.66. The van der Waals surface area contributed by atoms with E-state index in [2.05, 4.69) is 5.32 Å². The third kappa shape index (κ3) is 5.14. The molecule has 1 amide bonds. The number of benzene rings is 1. The van der Waals surface area contributed by atoms with Gasteiger partial charge in [-0.15, -0.1) is 0 Å². The van der Waals surface area contributed by atoms with Gasteiger partial charge in [0.05, 0.1) is 32.3 Å². The van der Waals surface area contributed by atoms with Crippen LogP contribution in [0.2, 0.25) is 0 Å². The van der Waals surface area contributed by atoms with Crippen molar-refractivity contribution in [2.75, 3.05) is 13.7 Å². The number of aliphatic hydroxyl groups excluding tert-OH is 4. The van der Waals surface area contributed by atoms with Crippen LogP contribution in [-0.2, 0) is 14.3 Å². The first kappa shape index (κ1) is 22.8. The lowest BCUT2D eigenvalue weighted by Gasteiger charge is -2.46. The van der Waals surface area contributed by atoms with Crippen LogP contribution in [0.25, 0.3) is 0 Å². The Hall–Kier alpha value is -2.44. The largest absolute Gasteiger partial charge is 0.497 e. The predicted molar refractivity (Wildman–Crippen MR) is 96.2 cm³/mol. The first-order chi connectivity index (χ1) is 13.6. The molecule has 6 atom stereocenters. The van der Waals surface area contributed by atoms with E-state index >= 15 is 0 Å². The maximum atomic E-state index is 12.0. The van der Waals surface area contributed by atoms with E-state index in [0.29, 0.717) is 5.75 Å². The van der Waals surface area contributed by atoms with E-state index in [-0.39, 0.29) is 5.75 Å².